The Hall–Kier alpha value is -1.20. The van der Waals surface area contributed by atoms with Crippen LogP contribution in [-0.2, 0) is 11.2 Å². The molecule has 0 saturated carbocycles. The lowest BCUT2D eigenvalue weighted by molar-refractivity contribution is 0.179. The second kappa shape index (κ2) is 7.14. The van der Waals surface area contributed by atoms with Gasteiger partial charge < -0.3 is 15.2 Å². The van der Waals surface area contributed by atoms with E-state index in [0.29, 0.717) is 25.5 Å². The highest BCUT2D eigenvalue weighted by Crippen LogP contribution is 2.08. The number of aromatic nitrogens is 2. The van der Waals surface area contributed by atoms with E-state index in [1.807, 2.05) is 6.07 Å². The van der Waals surface area contributed by atoms with Gasteiger partial charge in [0.15, 0.2) is 0 Å². The van der Waals surface area contributed by atoms with Crippen molar-refractivity contribution in [2.24, 2.45) is 5.73 Å². The zero-order chi connectivity index (χ0) is 11.8. The van der Waals surface area contributed by atoms with E-state index in [4.69, 9.17) is 15.2 Å². The van der Waals surface area contributed by atoms with E-state index in [-0.39, 0.29) is 6.04 Å². The third-order valence-corrected chi connectivity index (χ3v) is 2.00. The third kappa shape index (κ3) is 4.55. The molecule has 1 atom stereocenters. The number of hydrogen-bond donors (Lipinski definition) is 1. The van der Waals surface area contributed by atoms with Crippen LogP contribution in [0.2, 0.25) is 0 Å². The van der Waals surface area contributed by atoms with Crippen molar-refractivity contribution in [1.29, 1.82) is 0 Å². The number of hydrogen-bond acceptors (Lipinski definition) is 5. The largest absolute Gasteiger partial charge is 0.478 e. The van der Waals surface area contributed by atoms with E-state index >= 15 is 0 Å². The molecule has 2 N–H and O–H groups in total. The van der Waals surface area contributed by atoms with Crippen LogP contribution in [0.3, 0.4) is 0 Å². The van der Waals surface area contributed by atoms with E-state index in [0.717, 1.165) is 12.1 Å². The fourth-order valence-corrected chi connectivity index (χ4v) is 1.32. The predicted molar refractivity (Wildman–Crippen MR) is 61.4 cm³/mol. The molecule has 0 bridgehead atoms. The second-order valence-corrected chi connectivity index (χ2v) is 3.62. The molecule has 0 radical (unpaired) electrons. The second-order valence-electron chi connectivity index (χ2n) is 3.62. The molecule has 0 aliphatic carbocycles. The third-order valence-electron chi connectivity index (χ3n) is 2.00. The van der Waals surface area contributed by atoms with Crippen molar-refractivity contribution >= 4 is 0 Å². The van der Waals surface area contributed by atoms with Gasteiger partial charge in [0.1, 0.15) is 6.33 Å². The lowest BCUT2D eigenvalue weighted by Crippen LogP contribution is -2.28. The van der Waals surface area contributed by atoms with Gasteiger partial charge in [-0.3, -0.25) is 0 Å². The molecule has 0 amide bonds. The van der Waals surface area contributed by atoms with E-state index in [2.05, 4.69) is 16.9 Å². The van der Waals surface area contributed by atoms with Crippen molar-refractivity contribution in [2.45, 2.75) is 25.8 Å². The molecule has 0 saturated heterocycles. The van der Waals surface area contributed by atoms with Crippen molar-refractivity contribution in [3.05, 3.63) is 18.1 Å². The lowest BCUT2D eigenvalue weighted by Gasteiger charge is -2.10. The summed E-state index contributed by atoms with van der Waals surface area (Å²) in [6, 6.07) is 1.78. The van der Waals surface area contributed by atoms with Crippen LogP contribution in [0, 0.1) is 0 Å². The number of nitrogens with two attached hydrogens (primary N) is 1. The van der Waals surface area contributed by atoms with Crippen LogP contribution in [0.4, 0.5) is 0 Å². The molecule has 16 heavy (non-hydrogen) atoms. The predicted octanol–water partition coefficient (Wildman–Crippen LogP) is 0.782. The number of rotatable bonds is 7. The van der Waals surface area contributed by atoms with Gasteiger partial charge in [-0.05, 0) is 6.42 Å². The summed E-state index contributed by atoms with van der Waals surface area (Å²) in [6.07, 6.45) is 3.13. The van der Waals surface area contributed by atoms with Gasteiger partial charge in [0, 0.05) is 31.3 Å². The molecule has 0 spiro atoms. The summed E-state index contributed by atoms with van der Waals surface area (Å²) in [7, 11) is 1.63. The van der Waals surface area contributed by atoms with Gasteiger partial charge in [0.25, 0.3) is 0 Å². The summed E-state index contributed by atoms with van der Waals surface area (Å²) < 4.78 is 10.4. The van der Waals surface area contributed by atoms with Gasteiger partial charge in [0.05, 0.1) is 13.2 Å². The first-order valence-electron chi connectivity index (χ1n) is 5.44. The van der Waals surface area contributed by atoms with Gasteiger partial charge in [-0.2, -0.15) is 0 Å². The van der Waals surface area contributed by atoms with Crippen molar-refractivity contribution in [1.82, 2.24) is 9.97 Å². The van der Waals surface area contributed by atoms with Crippen LogP contribution in [0.15, 0.2) is 12.4 Å². The first kappa shape index (κ1) is 12.9. The normalized spacial score (nSPS) is 12.4. The molecule has 0 aliphatic heterocycles. The van der Waals surface area contributed by atoms with Crippen LogP contribution in [0.1, 0.15) is 19.0 Å². The van der Waals surface area contributed by atoms with E-state index in [9.17, 15) is 0 Å². The Bertz CT molecular complexity index is 307. The highest BCUT2D eigenvalue weighted by atomic mass is 16.5. The minimum atomic E-state index is -0.0427. The Morgan fingerprint density at radius 1 is 1.44 bits per heavy atom. The Labute approximate surface area is 96.0 Å². The molecule has 1 aromatic heterocycles. The standard InChI is InChI=1S/C11H19N3O2/c1-3-4-16-11-6-10(13-8-14-11)5-9(12)7-15-2/h6,8-9H,3-5,7,12H2,1-2H3. The maximum Gasteiger partial charge on any atom is 0.216 e. The molecule has 0 aromatic carbocycles. The van der Waals surface area contributed by atoms with Gasteiger partial charge in [-0.15, -0.1) is 0 Å². The average Bonchev–Trinajstić information content (AvgIpc) is 2.27. The summed E-state index contributed by atoms with van der Waals surface area (Å²) in [4.78, 5) is 8.17. The SMILES string of the molecule is CCCOc1cc(CC(N)COC)ncn1. The van der Waals surface area contributed by atoms with E-state index in [1.54, 1.807) is 7.11 Å². The molecule has 1 heterocycles. The minimum Gasteiger partial charge on any atom is -0.478 e. The molecule has 1 aromatic rings. The molecule has 1 unspecified atom stereocenters. The molecule has 90 valence electrons. The Balaban J connectivity index is 2.52. The summed E-state index contributed by atoms with van der Waals surface area (Å²) >= 11 is 0. The Kier molecular flexibility index (Phi) is 5.74. The van der Waals surface area contributed by atoms with Crippen LogP contribution < -0.4 is 10.5 Å². The molecule has 5 nitrogen and oxygen atoms in total. The fraction of sp³-hybridized carbons (Fsp3) is 0.636. The number of nitrogens with zero attached hydrogens (tertiary/aromatic N) is 2. The molecule has 1 rings (SSSR count). The highest BCUT2D eigenvalue weighted by Gasteiger charge is 2.06. The smallest absolute Gasteiger partial charge is 0.216 e. The van der Waals surface area contributed by atoms with Crippen molar-refractivity contribution < 1.29 is 9.47 Å². The number of ether oxygens (including phenoxy) is 2. The van der Waals surface area contributed by atoms with Crippen LogP contribution in [-0.4, -0.2) is 36.3 Å². The summed E-state index contributed by atoms with van der Waals surface area (Å²) in [5, 5.41) is 0. The number of methoxy groups -OCH3 is 1. The molecule has 0 aliphatic rings. The van der Waals surface area contributed by atoms with Gasteiger partial charge >= 0.3 is 0 Å². The maximum absolute atomic E-state index is 5.84. The van der Waals surface area contributed by atoms with Crippen molar-refractivity contribution in [3.8, 4) is 5.88 Å². The van der Waals surface area contributed by atoms with Gasteiger partial charge in [0.2, 0.25) is 5.88 Å². The quantitative estimate of drug-likeness (QED) is 0.742. The topological polar surface area (TPSA) is 70.3 Å². The van der Waals surface area contributed by atoms with Crippen molar-refractivity contribution in [2.75, 3.05) is 20.3 Å². The zero-order valence-corrected chi connectivity index (χ0v) is 9.85. The van der Waals surface area contributed by atoms with Gasteiger partial charge in [-0.25, -0.2) is 9.97 Å². The first-order chi connectivity index (χ1) is 7.76. The first-order valence-corrected chi connectivity index (χ1v) is 5.44. The van der Waals surface area contributed by atoms with Crippen LogP contribution in [0.25, 0.3) is 0 Å². The Morgan fingerprint density at radius 3 is 2.94 bits per heavy atom. The zero-order valence-electron chi connectivity index (χ0n) is 9.85. The van der Waals surface area contributed by atoms with Crippen LogP contribution in [0.5, 0.6) is 5.88 Å². The Morgan fingerprint density at radius 2 is 2.25 bits per heavy atom. The molecule has 0 fully saturated rings. The average molecular weight is 225 g/mol. The maximum atomic E-state index is 5.84. The lowest BCUT2D eigenvalue weighted by atomic mass is 10.2. The van der Waals surface area contributed by atoms with Gasteiger partial charge in [-0.1, -0.05) is 6.92 Å². The highest BCUT2D eigenvalue weighted by molar-refractivity contribution is 5.14. The van der Waals surface area contributed by atoms with E-state index in [1.165, 1.54) is 6.33 Å². The van der Waals surface area contributed by atoms with Crippen LogP contribution >= 0.6 is 0 Å². The van der Waals surface area contributed by atoms with Crippen molar-refractivity contribution in [3.63, 3.8) is 0 Å². The fourth-order valence-electron chi connectivity index (χ4n) is 1.32. The molecule has 5 heteroatoms. The van der Waals surface area contributed by atoms with E-state index < -0.39 is 0 Å². The molecular weight excluding hydrogens is 206 g/mol. The molecular formula is C11H19N3O2. The summed E-state index contributed by atoms with van der Waals surface area (Å²) in [5.74, 6) is 0.608. The monoisotopic (exact) mass is 225 g/mol. The summed E-state index contributed by atoms with van der Waals surface area (Å²) in [5.41, 5.74) is 6.72. The minimum absolute atomic E-state index is 0.0427. The summed E-state index contributed by atoms with van der Waals surface area (Å²) in [6.45, 7) is 3.24.